The number of carboxylic acids is 1. The van der Waals surface area contributed by atoms with E-state index in [0.29, 0.717) is 18.8 Å². The molecule has 0 aromatic rings. The molecule has 13 heteroatoms. The Bertz CT molecular complexity index is 1010. The molecule has 0 radical (unpaired) electrons. The molecular formula is C28H44N2O10S. The second-order valence-electron chi connectivity index (χ2n) is 12.6. The lowest BCUT2D eigenvalue weighted by molar-refractivity contribution is -0.576. The summed E-state index contributed by atoms with van der Waals surface area (Å²) in [6, 6.07) is -2.13. The Hall–Kier alpha value is -1.93. The van der Waals surface area contributed by atoms with E-state index in [1.165, 1.54) is 0 Å². The highest BCUT2D eigenvalue weighted by Gasteiger charge is 2.69. The van der Waals surface area contributed by atoms with E-state index in [4.69, 9.17) is 24.0 Å². The zero-order chi connectivity index (χ0) is 30.1. The molecule has 1 saturated carbocycles. The Morgan fingerprint density at radius 2 is 1.76 bits per heavy atom. The van der Waals surface area contributed by atoms with Crippen LogP contribution in [0.25, 0.3) is 0 Å². The normalized spacial score (nSPS) is 37.3. The number of thiol groups is 1. The molecule has 3 N–H and O–H groups in total. The molecule has 4 saturated heterocycles. The van der Waals surface area contributed by atoms with Crippen LogP contribution in [-0.2, 0) is 43.2 Å². The van der Waals surface area contributed by atoms with Crippen molar-refractivity contribution in [2.45, 2.75) is 116 Å². The molecule has 12 nitrogen and oxygen atoms in total. The summed E-state index contributed by atoms with van der Waals surface area (Å²) in [6.07, 6.45) is 1.67. The molecule has 1 aliphatic carbocycles. The van der Waals surface area contributed by atoms with Gasteiger partial charge in [-0.25, -0.2) is 14.6 Å². The molecule has 1 spiro atoms. The number of hydrogen-bond acceptors (Lipinski definition) is 10. The molecule has 4 aliphatic heterocycles. The van der Waals surface area contributed by atoms with Crippen LogP contribution in [0.2, 0.25) is 0 Å². The fraction of sp³-hybridized carbons (Fsp3) is 0.857. The minimum Gasteiger partial charge on any atom is -0.480 e. The first-order valence-electron chi connectivity index (χ1n) is 14.6. The lowest BCUT2D eigenvalue weighted by Gasteiger charge is -2.59. The zero-order valence-corrected chi connectivity index (χ0v) is 25.3. The van der Waals surface area contributed by atoms with Gasteiger partial charge in [0.25, 0.3) is 0 Å². The SMILES string of the molecule is CC(C)C[C@H](NC(=O)CCC(=O)O[C@@H]1O[C@H]2O[C@@]3(C)CC[C@H]4[C@H](C)CC[C@H]([C@@H]1C)[C@@]24OO3)C(=O)N[C@@H](CS)C(=O)O. The monoisotopic (exact) mass is 600 g/mol. The summed E-state index contributed by atoms with van der Waals surface area (Å²) >= 11 is 3.96. The van der Waals surface area contributed by atoms with E-state index >= 15 is 0 Å². The topological polar surface area (TPSA) is 159 Å². The second kappa shape index (κ2) is 12.7. The Labute approximate surface area is 246 Å². The van der Waals surface area contributed by atoms with Gasteiger partial charge in [-0.15, -0.1) is 0 Å². The molecule has 0 aromatic carbocycles. The van der Waals surface area contributed by atoms with Crippen molar-refractivity contribution in [2.75, 3.05) is 5.75 Å². The molecular weight excluding hydrogens is 556 g/mol. The van der Waals surface area contributed by atoms with Crippen molar-refractivity contribution in [1.29, 1.82) is 0 Å². The highest BCUT2D eigenvalue weighted by Crippen LogP contribution is 2.60. The van der Waals surface area contributed by atoms with E-state index in [1.807, 2.05) is 27.7 Å². The van der Waals surface area contributed by atoms with E-state index in [0.717, 1.165) is 19.3 Å². The predicted octanol–water partition coefficient (Wildman–Crippen LogP) is 2.55. The first-order valence-corrected chi connectivity index (χ1v) is 15.3. The van der Waals surface area contributed by atoms with Gasteiger partial charge in [0.05, 0.1) is 6.42 Å². The summed E-state index contributed by atoms with van der Waals surface area (Å²) in [5.41, 5.74) is -0.769. The smallest absolute Gasteiger partial charge is 0.327 e. The summed E-state index contributed by atoms with van der Waals surface area (Å²) in [5, 5.41) is 14.2. The van der Waals surface area contributed by atoms with Crippen LogP contribution in [0, 0.1) is 29.6 Å². The van der Waals surface area contributed by atoms with Crippen molar-refractivity contribution >= 4 is 36.4 Å². The van der Waals surface area contributed by atoms with E-state index in [2.05, 4.69) is 30.2 Å². The summed E-state index contributed by atoms with van der Waals surface area (Å²) in [6.45, 7) is 9.77. The van der Waals surface area contributed by atoms with Crippen LogP contribution in [0.4, 0.5) is 0 Å². The number of carboxylic acid groups (broad SMARTS) is 1. The first-order chi connectivity index (χ1) is 19.3. The first kappa shape index (κ1) is 32.0. The third-order valence-electron chi connectivity index (χ3n) is 9.06. The van der Waals surface area contributed by atoms with E-state index in [-0.39, 0.29) is 42.3 Å². The lowest BCUT2D eigenvalue weighted by Crippen LogP contribution is -2.70. The number of fused-ring (bicyclic) bond motifs is 2. The van der Waals surface area contributed by atoms with E-state index in [9.17, 15) is 24.3 Å². The Kier molecular flexibility index (Phi) is 9.94. The molecule has 232 valence electrons. The summed E-state index contributed by atoms with van der Waals surface area (Å²) < 4.78 is 18.3. The predicted molar refractivity (Wildman–Crippen MR) is 147 cm³/mol. The summed E-state index contributed by atoms with van der Waals surface area (Å²) in [5.74, 6) is -3.57. The fourth-order valence-corrected chi connectivity index (χ4v) is 7.09. The van der Waals surface area contributed by atoms with E-state index in [1.54, 1.807) is 0 Å². The van der Waals surface area contributed by atoms with Crippen molar-refractivity contribution in [1.82, 2.24) is 10.6 Å². The van der Waals surface area contributed by atoms with Crippen LogP contribution < -0.4 is 10.6 Å². The number of carbonyl (C=O) groups is 4. The maximum atomic E-state index is 12.9. The van der Waals surface area contributed by atoms with Gasteiger partial charge in [-0.2, -0.15) is 12.6 Å². The molecule has 2 amide bonds. The highest BCUT2D eigenvalue weighted by atomic mass is 32.1. The van der Waals surface area contributed by atoms with Gasteiger partial charge in [0, 0.05) is 30.4 Å². The van der Waals surface area contributed by atoms with Gasteiger partial charge in [0.2, 0.25) is 23.9 Å². The highest BCUT2D eigenvalue weighted by molar-refractivity contribution is 7.80. The summed E-state index contributed by atoms with van der Waals surface area (Å²) in [4.78, 5) is 61.4. The zero-order valence-electron chi connectivity index (χ0n) is 24.4. The van der Waals surface area contributed by atoms with Crippen molar-refractivity contribution in [2.24, 2.45) is 29.6 Å². The number of ether oxygens (including phenoxy) is 3. The molecule has 41 heavy (non-hydrogen) atoms. The maximum Gasteiger partial charge on any atom is 0.327 e. The molecule has 0 aromatic heterocycles. The van der Waals surface area contributed by atoms with Crippen LogP contribution >= 0.6 is 12.6 Å². The molecule has 5 aliphatic rings. The maximum absolute atomic E-state index is 12.9. The fourth-order valence-electron chi connectivity index (χ4n) is 6.84. The van der Waals surface area contributed by atoms with Crippen molar-refractivity contribution in [3.8, 4) is 0 Å². The third kappa shape index (κ3) is 6.69. The Morgan fingerprint density at radius 1 is 1.02 bits per heavy atom. The molecule has 5 rings (SSSR count). The van der Waals surface area contributed by atoms with Crippen molar-refractivity contribution < 1.29 is 48.3 Å². The quantitative estimate of drug-likeness (QED) is 0.158. The number of carbonyl (C=O) groups excluding carboxylic acids is 3. The number of hydrogen-bond donors (Lipinski definition) is 4. The van der Waals surface area contributed by atoms with Crippen molar-refractivity contribution in [3.05, 3.63) is 0 Å². The summed E-state index contributed by atoms with van der Waals surface area (Å²) in [7, 11) is 0. The number of rotatable bonds is 11. The van der Waals surface area contributed by atoms with Crippen LogP contribution in [0.1, 0.15) is 79.6 Å². The lowest BCUT2D eigenvalue weighted by atomic mass is 9.58. The molecule has 0 unspecified atom stereocenters. The number of amides is 2. The number of nitrogens with one attached hydrogen (secondary N) is 2. The van der Waals surface area contributed by atoms with Gasteiger partial charge >= 0.3 is 11.9 Å². The molecule has 2 bridgehead atoms. The van der Waals surface area contributed by atoms with Gasteiger partial charge in [0.15, 0.2) is 11.9 Å². The van der Waals surface area contributed by atoms with Gasteiger partial charge in [-0.3, -0.25) is 14.4 Å². The largest absolute Gasteiger partial charge is 0.480 e. The third-order valence-corrected chi connectivity index (χ3v) is 9.42. The number of aliphatic carboxylic acids is 1. The van der Waals surface area contributed by atoms with Gasteiger partial charge in [-0.1, -0.05) is 27.7 Å². The Balaban J connectivity index is 1.35. The standard InChI is InChI=1S/C28H44N2O10S/c1-14(2)12-19(23(33)30-20(13-41)24(34)35)29-21(31)8-9-22(32)36-25-16(4)18-7-6-15(3)17-10-11-27(5)38-26(37-25)28(17,18)40-39-27/h14-20,25-26,41H,6-13H2,1-5H3,(H,29,31)(H,30,33)(H,34,35)/t15-,16+,17+,18-,19+,20+,25-,26+,27-,28-/m1/s1. The van der Waals surface area contributed by atoms with Gasteiger partial charge < -0.3 is 30.0 Å². The molecule has 5 fully saturated rings. The van der Waals surface area contributed by atoms with Gasteiger partial charge in [0.1, 0.15) is 12.1 Å². The number of esters is 1. The van der Waals surface area contributed by atoms with Crippen LogP contribution in [-0.4, -0.2) is 70.7 Å². The Morgan fingerprint density at radius 3 is 2.41 bits per heavy atom. The molecule has 4 heterocycles. The van der Waals surface area contributed by atoms with Crippen LogP contribution in [0.3, 0.4) is 0 Å². The van der Waals surface area contributed by atoms with Crippen molar-refractivity contribution in [3.63, 3.8) is 0 Å². The average Bonchev–Trinajstić information content (AvgIpc) is 3.13. The second-order valence-corrected chi connectivity index (χ2v) is 13.0. The molecule has 10 atom stereocenters. The van der Waals surface area contributed by atoms with Gasteiger partial charge in [-0.05, 0) is 50.4 Å². The van der Waals surface area contributed by atoms with Crippen LogP contribution in [0.5, 0.6) is 0 Å². The minimum absolute atomic E-state index is 0.00612. The van der Waals surface area contributed by atoms with E-state index < -0.39 is 59.8 Å². The minimum atomic E-state index is -1.22. The van der Waals surface area contributed by atoms with Crippen LogP contribution in [0.15, 0.2) is 0 Å². The average molecular weight is 601 g/mol.